The average molecular weight is 347 g/mol. The van der Waals surface area contributed by atoms with Gasteiger partial charge in [0.25, 0.3) is 0 Å². The van der Waals surface area contributed by atoms with Gasteiger partial charge in [0.15, 0.2) is 0 Å². The van der Waals surface area contributed by atoms with Gasteiger partial charge < -0.3 is 10.6 Å². The molecular formula is C17H19BrN2O. The van der Waals surface area contributed by atoms with Gasteiger partial charge in [0, 0.05) is 29.7 Å². The third-order valence-electron chi connectivity index (χ3n) is 3.11. The molecule has 0 heterocycles. The van der Waals surface area contributed by atoms with E-state index in [0.29, 0.717) is 13.0 Å². The van der Waals surface area contributed by atoms with Crippen molar-refractivity contribution in [1.82, 2.24) is 5.32 Å². The standard InChI is InChI=1S/C17H19BrN2O/c1-13-2-4-14(5-3-13)12-19-11-10-17(21)20-16-8-6-15(18)7-9-16/h2-9,19H,10-12H2,1H3,(H,20,21). The molecule has 4 heteroatoms. The number of carbonyl (C=O) groups excluding carboxylic acids is 1. The Hall–Kier alpha value is -1.65. The van der Waals surface area contributed by atoms with Gasteiger partial charge in [0.2, 0.25) is 5.91 Å². The molecule has 0 fully saturated rings. The van der Waals surface area contributed by atoms with E-state index in [1.165, 1.54) is 11.1 Å². The highest BCUT2D eigenvalue weighted by Gasteiger charge is 2.02. The molecule has 0 saturated carbocycles. The molecule has 0 aliphatic heterocycles. The average Bonchev–Trinajstić information content (AvgIpc) is 2.48. The molecule has 21 heavy (non-hydrogen) atoms. The number of anilines is 1. The van der Waals surface area contributed by atoms with Gasteiger partial charge in [-0.2, -0.15) is 0 Å². The van der Waals surface area contributed by atoms with E-state index in [-0.39, 0.29) is 5.91 Å². The molecular weight excluding hydrogens is 328 g/mol. The van der Waals surface area contributed by atoms with Crippen LogP contribution in [0.5, 0.6) is 0 Å². The lowest BCUT2D eigenvalue weighted by atomic mass is 10.1. The normalized spacial score (nSPS) is 10.4. The molecule has 0 spiro atoms. The van der Waals surface area contributed by atoms with Gasteiger partial charge in [-0.15, -0.1) is 0 Å². The monoisotopic (exact) mass is 346 g/mol. The molecule has 3 nitrogen and oxygen atoms in total. The summed E-state index contributed by atoms with van der Waals surface area (Å²) in [5, 5.41) is 6.15. The molecule has 2 aromatic rings. The molecule has 0 radical (unpaired) electrons. The number of hydrogen-bond donors (Lipinski definition) is 2. The summed E-state index contributed by atoms with van der Waals surface area (Å²) in [6.07, 6.45) is 0.460. The Labute approximate surface area is 133 Å². The lowest BCUT2D eigenvalue weighted by Gasteiger charge is -2.07. The molecule has 2 aromatic carbocycles. The fourth-order valence-corrected chi connectivity index (χ4v) is 2.16. The van der Waals surface area contributed by atoms with Crippen LogP contribution in [0.25, 0.3) is 0 Å². The van der Waals surface area contributed by atoms with Crippen LogP contribution in [-0.4, -0.2) is 12.5 Å². The molecule has 0 bridgehead atoms. The first-order valence-electron chi connectivity index (χ1n) is 6.95. The fraction of sp³-hybridized carbons (Fsp3) is 0.235. The van der Waals surface area contributed by atoms with Crippen LogP contribution in [0, 0.1) is 6.92 Å². The van der Waals surface area contributed by atoms with E-state index in [2.05, 4.69) is 57.8 Å². The second-order valence-electron chi connectivity index (χ2n) is 4.97. The SMILES string of the molecule is Cc1ccc(CNCCC(=O)Nc2ccc(Br)cc2)cc1. The van der Waals surface area contributed by atoms with Crippen LogP contribution in [0.15, 0.2) is 53.0 Å². The summed E-state index contributed by atoms with van der Waals surface area (Å²) in [7, 11) is 0. The summed E-state index contributed by atoms with van der Waals surface area (Å²) in [6.45, 7) is 3.52. The molecule has 0 aromatic heterocycles. The quantitative estimate of drug-likeness (QED) is 0.779. The number of nitrogens with one attached hydrogen (secondary N) is 2. The Morgan fingerprint density at radius 2 is 1.71 bits per heavy atom. The highest BCUT2D eigenvalue weighted by Crippen LogP contribution is 2.14. The third-order valence-corrected chi connectivity index (χ3v) is 3.64. The highest BCUT2D eigenvalue weighted by molar-refractivity contribution is 9.10. The van der Waals surface area contributed by atoms with E-state index in [1.54, 1.807) is 0 Å². The van der Waals surface area contributed by atoms with Crippen molar-refractivity contribution in [2.45, 2.75) is 19.9 Å². The van der Waals surface area contributed by atoms with Crippen molar-refractivity contribution in [1.29, 1.82) is 0 Å². The second kappa shape index (κ2) is 7.96. The predicted octanol–water partition coefficient (Wildman–Crippen LogP) is 3.88. The van der Waals surface area contributed by atoms with Gasteiger partial charge in [-0.1, -0.05) is 45.8 Å². The first kappa shape index (κ1) is 15.7. The van der Waals surface area contributed by atoms with Crippen molar-refractivity contribution < 1.29 is 4.79 Å². The Balaban J connectivity index is 1.67. The summed E-state index contributed by atoms with van der Waals surface area (Å²) in [4.78, 5) is 11.8. The number of hydrogen-bond acceptors (Lipinski definition) is 2. The molecule has 0 atom stereocenters. The van der Waals surface area contributed by atoms with Gasteiger partial charge in [0.1, 0.15) is 0 Å². The smallest absolute Gasteiger partial charge is 0.225 e. The van der Waals surface area contributed by atoms with Gasteiger partial charge in [-0.3, -0.25) is 4.79 Å². The van der Waals surface area contributed by atoms with Crippen molar-refractivity contribution in [2.75, 3.05) is 11.9 Å². The van der Waals surface area contributed by atoms with Crippen LogP contribution < -0.4 is 10.6 Å². The molecule has 0 aliphatic rings. The minimum absolute atomic E-state index is 0.0220. The Kier molecular flexibility index (Phi) is 5.96. The zero-order chi connectivity index (χ0) is 15.1. The predicted molar refractivity (Wildman–Crippen MR) is 90.3 cm³/mol. The summed E-state index contributed by atoms with van der Waals surface area (Å²) in [5.74, 6) is 0.0220. The molecule has 2 rings (SSSR count). The van der Waals surface area contributed by atoms with Gasteiger partial charge in [0.05, 0.1) is 0 Å². The number of aryl methyl sites for hydroxylation is 1. The van der Waals surface area contributed by atoms with Crippen molar-refractivity contribution in [3.63, 3.8) is 0 Å². The van der Waals surface area contributed by atoms with Gasteiger partial charge >= 0.3 is 0 Å². The lowest BCUT2D eigenvalue weighted by Crippen LogP contribution is -2.21. The molecule has 2 N–H and O–H groups in total. The molecule has 0 saturated heterocycles. The Bertz CT molecular complexity index is 579. The van der Waals surface area contributed by atoms with Crippen molar-refractivity contribution in [3.8, 4) is 0 Å². The van der Waals surface area contributed by atoms with Crippen LogP contribution in [0.4, 0.5) is 5.69 Å². The summed E-state index contributed by atoms with van der Waals surface area (Å²) in [6, 6.07) is 16.0. The fourth-order valence-electron chi connectivity index (χ4n) is 1.90. The van der Waals surface area contributed by atoms with Crippen LogP contribution in [-0.2, 0) is 11.3 Å². The summed E-state index contributed by atoms with van der Waals surface area (Å²) in [5.41, 5.74) is 3.31. The van der Waals surface area contributed by atoms with Crippen molar-refractivity contribution in [3.05, 3.63) is 64.1 Å². The molecule has 110 valence electrons. The van der Waals surface area contributed by atoms with Crippen LogP contribution in [0.1, 0.15) is 17.5 Å². The molecule has 0 unspecified atom stereocenters. The number of carbonyl (C=O) groups is 1. The zero-order valence-corrected chi connectivity index (χ0v) is 13.6. The number of halogens is 1. The van der Waals surface area contributed by atoms with E-state index < -0.39 is 0 Å². The largest absolute Gasteiger partial charge is 0.326 e. The van der Waals surface area contributed by atoms with Gasteiger partial charge in [-0.25, -0.2) is 0 Å². The van der Waals surface area contributed by atoms with E-state index in [4.69, 9.17) is 0 Å². The van der Waals surface area contributed by atoms with Crippen LogP contribution in [0.3, 0.4) is 0 Å². The highest BCUT2D eigenvalue weighted by atomic mass is 79.9. The first-order valence-corrected chi connectivity index (χ1v) is 7.74. The first-order chi connectivity index (χ1) is 10.1. The van der Waals surface area contributed by atoms with E-state index in [9.17, 15) is 4.79 Å². The zero-order valence-electron chi connectivity index (χ0n) is 12.0. The third kappa shape index (κ3) is 5.69. The topological polar surface area (TPSA) is 41.1 Å². The van der Waals surface area contributed by atoms with E-state index >= 15 is 0 Å². The van der Waals surface area contributed by atoms with Gasteiger partial charge in [-0.05, 0) is 36.8 Å². The van der Waals surface area contributed by atoms with Crippen molar-refractivity contribution >= 4 is 27.5 Å². The Morgan fingerprint density at radius 3 is 2.38 bits per heavy atom. The van der Waals surface area contributed by atoms with Crippen molar-refractivity contribution in [2.24, 2.45) is 0 Å². The van der Waals surface area contributed by atoms with E-state index in [0.717, 1.165) is 16.7 Å². The lowest BCUT2D eigenvalue weighted by molar-refractivity contribution is -0.116. The summed E-state index contributed by atoms with van der Waals surface area (Å²) >= 11 is 3.37. The maximum Gasteiger partial charge on any atom is 0.225 e. The Morgan fingerprint density at radius 1 is 1.05 bits per heavy atom. The maximum atomic E-state index is 11.8. The van der Waals surface area contributed by atoms with Crippen LogP contribution in [0.2, 0.25) is 0 Å². The number of amides is 1. The minimum atomic E-state index is 0.0220. The maximum absolute atomic E-state index is 11.8. The minimum Gasteiger partial charge on any atom is -0.326 e. The molecule has 0 aliphatic carbocycles. The second-order valence-corrected chi connectivity index (χ2v) is 5.88. The van der Waals surface area contributed by atoms with Crippen LogP contribution >= 0.6 is 15.9 Å². The number of rotatable bonds is 6. The molecule has 1 amide bonds. The number of benzene rings is 2. The summed E-state index contributed by atoms with van der Waals surface area (Å²) < 4.78 is 1.00. The van der Waals surface area contributed by atoms with E-state index in [1.807, 2.05) is 24.3 Å².